The monoisotopic (exact) mass is 2180 g/mol. The first kappa shape index (κ1) is 104. The molecule has 139 heavy (non-hydrogen) atoms. The molecule has 0 spiro atoms. The SMILES string of the molecule is Cc1cn(C2CC(OP(O)(=S)OCC3OC(n4ccc(N)nc4=O)CC3OP(=O)(S)OCC3OC(n4cc(C)c(=O)[nH]c4=O)CC3OP(O)(=S)OCC3OC(n4cc(C)c(=O)[nH]c4=O)CC3OP(O)(=S)OC3CC(n4cnc5c(=O)[nH]c(N)nc54)OC3COP(O)(=S)OCC3OC(n4ccc(N)nc4=O)CC3OP(O)(=S)OCC3OC(n4cnc5c(=O)[nH]c(N)nc54)CC3O)C(CO)O2)c(=O)[nH]c1=O. The van der Waals surface area contributed by atoms with Crippen LogP contribution in [-0.4, -0.2) is 253 Å². The predicted octanol–water partition coefficient (Wildman–Crippen LogP) is -2.43. The fourth-order valence-electron chi connectivity index (χ4n) is 16.1. The van der Waals surface area contributed by atoms with Crippen molar-refractivity contribution < 1.29 is 127 Å². The Morgan fingerprint density at radius 1 is 0.388 bits per heavy atom. The Morgan fingerprint density at radius 2 is 0.676 bits per heavy atom. The summed E-state index contributed by atoms with van der Waals surface area (Å²) < 4.78 is 137. The van der Waals surface area contributed by atoms with Crippen molar-refractivity contribution in [1.82, 2.24) is 86.8 Å². The molecular formula is C68H88N22O37P6S6. The summed E-state index contributed by atoms with van der Waals surface area (Å²) in [5, 5.41) is 21.4. The summed E-state index contributed by atoms with van der Waals surface area (Å²) in [6.45, 7) is -29.2. The van der Waals surface area contributed by atoms with E-state index in [0.29, 0.717) is 0 Å². The number of anilines is 4. The molecule has 9 aromatic rings. The Balaban J connectivity index is 0.603. The average Bonchev–Trinajstić information content (AvgIpc) is 1.60. The molecule has 0 bridgehead atoms. The molecule has 7 fully saturated rings. The number of rotatable bonds is 38. The van der Waals surface area contributed by atoms with Crippen molar-refractivity contribution in [3.8, 4) is 0 Å². The molecule has 0 radical (unpaired) electrons. The van der Waals surface area contributed by atoms with Crippen LogP contribution in [0.2, 0.25) is 0 Å². The maximum Gasteiger partial charge on any atom is 0.386 e. The van der Waals surface area contributed by atoms with Gasteiger partial charge in [0.15, 0.2) is 22.3 Å². The summed E-state index contributed by atoms with van der Waals surface area (Å²) in [6.07, 6.45) is -22.3. The van der Waals surface area contributed by atoms with Crippen LogP contribution < -0.4 is 79.2 Å². The van der Waals surface area contributed by atoms with Gasteiger partial charge in [0.05, 0.1) is 95.5 Å². The van der Waals surface area contributed by atoms with Gasteiger partial charge in [-0.15, -0.1) is 0 Å². The predicted molar refractivity (Wildman–Crippen MR) is 496 cm³/mol. The molecule has 27 unspecified atom stereocenters. The van der Waals surface area contributed by atoms with Gasteiger partial charge in [0.1, 0.15) is 104 Å². The molecule has 758 valence electrons. The van der Waals surface area contributed by atoms with Crippen molar-refractivity contribution in [2.45, 2.75) is 195 Å². The Kier molecular flexibility index (Phi) is 31.5. The molecule has 0 aromatic carbocycles. The van der Waals surface area contributed by atoms with Crippen LogP contribution in [0, 0.1) is 20.8 Å². The molecule has 9 aromatic heterocycles. The van der Waals surface area contributed by atoms with Crippen molar-refractivity contribution in [3.05, 3.63) is 177 Å². The van der Waals surface area contributed by atoms with E-state index in [1.165, 1.54) is 73.3 Å². The Labute approximate surface area is 806 Å². The molecule has 16 rings (SSSR count). The van der Waals surface area contributed by atoms with Crippen molar-refractivity contribution >= 4 is 158 Å². The zero-order valence-corrected chi connectivity index (χ0v) is 82.2. The summed E-state index contributed by atoms with van der Waals surface area (Å²) in [5.41, 5.74) is 14.9. The van der Waals surface area contributed by atoms with Crippen molar-refractivity contribution in [2.75, 3.05) is 69.2 Å². The molecule has 27 atom stereocenters. The number of nitrogen functional groups attached to an aromatic ring is 4. The smallest absolute Gasteiger partial charge is 0.386 e. The quantitative estimate of drug-likeness (QED) is 0.0141. The second-order valence-electron chi connectivity index (χ2n) is 32.3. The van der Waals surface area contributed by atoms with Crippen LogP contribution in [0.15, 0.2) is 104 Å². The van der Waals surface area contributed by atoms with Crippen molar-refractivity contribution in [1.29, 1.82) is 0 Å². The van der Waals surface area contributed by atoms with Gasteiger partial charge in [-0.2, -0.15) is 19.9 Å². The van der Waals surface area contributed by atoms with Crippen LogP contribution >= 0.6 is 52.6 Å². The van der Waals surface area contributed by atoms with Gasteiger partial charge in [-0.1, -0.05) is 12.2 Å². The van der Waals surface area contributed by atoms with Crippen LogP contribution in [-0.2, 0) is 151 Å². The number of aryl methyl sites for hydroxylation is 3. The lowest BCUT2D eigenvalue weighted by molar-refractivity contribution is -0.0575. The fraction of sp³-hybridized carbons (Fsp3) is 0.559. The Morgan fingerprint density at radius 3 is 1.03 bits per heavy atom. The first-order valence-electron chi connectivity index (χ1n) is 41.4. The summed E-state index contributed by atoms with van der Waals surface area (Å²) in [5.74, 6) is -0.865. The Hall–Kier alpha value is -7.51. The highest BCUT2D eigenvalue weighted by molar-refractivity contribution is 8.44. The largest absolute Gasteiger partial charge is 0.394 e. The van der Waals surface area contributed by atoms with Crippen LogP contribution in [0.25, 0.3) is 22.3 Å². The van der Waals surface area contributed by atoms with Gasteiger partial charge in [0.2, 0.25) is 11.9 Å². The number of thiol groups is 1. The zero-order chi connectivity index (χ0) is 99.8. The third-order valence-corrected chi connectivity index (χ3v) is 32.3. The number of hydrogen-bond donors (Lipinski definition) is 17. The number of nitrogens with two attached hydrogens (primary N) is 4. The second-order valence-corrected chi connectivity index (χ2v) is 49.2. The van der Waals surface area contributed by atoms with Crippen LogP contribution in [0.4, 0.5) is 23.5 Å². The van der Waals surface area contributed by atoms with E-state index >= 15 is 0 Å². The summed E-state index contributed by atoms with van der Waals surface area (Å²) >= 11 is 32.0. The highest BCUT2D eigenvalue weighted by Crippen LogP contribution is 2.60. The normalized spacial score (nSPS) is 29.8. The molecule has 59 nitrogen and oxygen atoms in total. The van der Waals surface area contributed by atoms with Gasteiger partial charge in [-0.05, 0) is 91.9 Å². The number of fused-ring (bicyclic) bond motifs is 2. The molecular weight excluding hydrogens is 2100 g/mol. The number of hydrogen-bond acceptors (Lipinski definition) is 47. The van der Waals surface area contributed by atoms with Crippen LogP contribution in [0.1, 0.15) is 105 Å². The number of H-pyrrole nitrogens is 5. The number of aromatic amines is 5. The van der Waals surface area contributed by atoms with Crippen molar-refractivity contribution in [3.63, 3.8) is 0 Å². The van der Waals surface area contributed by atoms with Crippen LogP contribution in [0.5, 0.6) is 0 Å². The van der Waals surface area contributed by atoms with Gasteiger partial charge in [0, 0.05) is 92.6 Å². The molecule has 7 saturated heterocycles. The molecule has 7 aliphatic heterocycles. The number of imidazole rings is 2. The van der Waals surface area contributed by atoms with E-state index in [1.54, 1.807) is 0 Å². The van der Waals surface area contributed by atoms with E-state index in [2.05, 4.69) is 67.1 Å². The van der Waals surface area contributed by atoms with E-state index in [1.807, 2.05) is 0 Å². The average molecular weight is 2180 g/mol. The van der Waals surface area contributed by atoms with Gasteiger partial charge < -0.3 is 136 Å². The second kappa shape index (κ2) is 41.9. The molecule has 0 amide bonds. The van der Waals surface area contributed by atoms with E-state index in [9.17, 15) is 87.2 Å². The third-order valence-electron chi connectivity index (χ3n) is 22.7. The Bertz CT molecular complexity index is 7150. The number of nitrogens with zero attached hydrogens (tertiary/aromatic N) is 13. The summed E-state index contributed by atoms with van der Waals surface area (Å²) in [6, 6.07) is 2.56. The van der Waals surface area contributed by atoms with Gasteiger partial charge in [-0.3, -0.25) is 89.9 Å². The summed E-state index contributed by atoms with van der Waals surface area (Å²) in [4.78, 5) is 225. The molecule has 71 heteroatoms. The minimum Gasteiger partial charge on any atom is -0.394 e. The number of ether oxygens (including phenoxy) is 7. The minimum atomic E-state index is -4.86. The maximum absolute atomic E-state index is 14.7. The number of aliphatic hydroxyl groups is 2. The lowest BCUT2D eigenvalue weighted by Crippen LogP contribution is -2.33. The fourth-order valence-corrected chi connectivity index (χ4v) is 25.0. The van der Waals surface area contributed by atoms with Gasteiger partial charge in [0.25, 0.3) is 27.8 Å². The first-order chi connectivity index (χ1) is 65.5. The molecule has 20 N–H and O–H groups in total. The molecule has 7 aliphatic rings. The maximum atomic E-state index is 14.7. The standard InChI is InChI=1S/C68H88N22O37P6S6/c1-27-15-86(66(100)81-57(27)93)49-9-31(37(18-91)115-49)122-130(105,136)112-22-41-33(11-48(118-41)85-7-5-45(70)76-65(85)99)124-131(106,137)113-23-42-34(12-50(119-42)87-16-28(2)58(94)82-67(87)101)125-132(107,138)114-24-43-35(13-51(120-43)88-17-29(3)59(95)83-68(88)102)126-133(108,139)127-36-14-52(90-26-74-54-56(90)78-63(72)80-61(54)97)121-40(36)21-110-128(103,134)109-20-39-32(10-47(117-39)84-6-4-44(69)75-64(84)98)123-129(104,135)111-19-38-30(92)8-46(116-38)89-25-73-53-55(89)77-62(71)79-60(53)96/h4-7,15-17,25-26,30-43,46-52,91-92H,8-14,18-24H2,1-3H3,(H,103,134)(H,104,135)(H,105,136)(H,106,137)(H,107,138)(H,108,139)(H2,69,75,98)(H2,70,76,99)(H,81,93,100)(H,82,94,101)(H,83,95,102)(H3,71,77,79,96)(H3,72,78,80,97). The molecule has 16 heterocycles. The highest BCUT2D eigenvalue weighted by atomic mass is 32.7. The van der Waals surface area contributed by atoms with E-state index in [4.69, 9.17) is 169 Å². The lowest BCUT2D eigenvalue weighted by Gasteiger charge is -2.29. The minimum absolute atomic E-state index is 0.0131. The van der Waals surface area contributed by atoms with Gasteiger partial charge in [-0.25, -0.2) is 38.5 Å². The van der Waals surface area contributed by atoms with E-state index < -0.39 is 285 Å². The molecule has 0 saturated carbocycles. The zero-order valence-electron chi connectivity index (χ0n) is 71.9. The topological polar surface area (TPSA) is 800 Å². The van der Waals surface area contributed by atoms with Crippen LogP contribution in [0.3, 0.4) is 0 Å². The van der Waals surface area contributed by atoms with E-state index in [-0.39, 0.29) is 94.7 Å². The van der Waals surface area contributed by atoms with E-state index in [0.717, 1.165) is 35.2 Å². The molecule has 0 aliphatic carbocycles. The lowest BCUT2D eigenvalue weighted by atomic mass is 10.2. The third kappa shape index (κ3) is 24.5. The first-order valence-corrected chi connectivity index (χ1v) is 57.1. The number of aliphatic hydroxyl groups excluding tert-OH is 2. The highest BCUT2D eigenvalue weighted by Gasteiger charge is 2.52. The number of nitrogens with one attached hydrogen (secondary N) is 5. The summed E-state index contributed by atoms with van der Waals surface area (Å²) in [7, 11) is 0. The van der Waals surface area contributed by atoms with Crippen molar-refractivity contribution in [2.24, 2.45) is 0 Å². The number of aromatic nitrogens is 18. The van der Waals surface area contributed by atoms with Gasteiger partial charge >= 0.3 is 68.8 Å².